The summed E-state index contributed by atoms with van der Waals surface area (Å²) in [5, 5.41) is 1.17. The first kappa shape index (κ1) is 11.9. The van der Waals surface area contributed by atoms with Gasteiger partial charge < -0.3 is 0 Å². The third kappa shape index (κ3) is 2.97. The number of hydrogen-bond donors (Lipinski definition) is 0. The minimum atomic E-state index is 0.281. The highest BCUT2D eigenvalue weighted by Gasteiger charge is 2.05. The van der Waals surface area contributed by atoms with E-state index in [0.717, 1.165) is 20.0 Å². The Morgan fingerprint density at radius 1 is 1.38 bits per heavy atom. The summed E-state index contributed by atoms with van der Waals surface area (Å²) in [4.78, 5) is 9.25. The van der Waals surface area contributed by atoms with E-state index in [0.29, 0.717) is 0 Å². The maximum absolute atomic E-state index is 5.77. The van der Waals surface area contributed by atoms with Crippen molar-refractivity contribution in [2.75, 3.05) is 0 Å². The molecule has 0 spiro atoms. The summed E-state index contributed by atoms with van der Waals surface area (Å²) in [6.45, 7) is 1.97. The van der Waals surface area contributed by atoms with Crippen LogP contribution in [0.1, 0.15) is 5.56 Å². The second-order valence-electron chi connectivity index (χ2n) is 3.19. The maximum Gasteiger partial charge on any atom is 0.223 e. The van der Waals surface area contributed by atoms with Crippen LogP contribution in [-0.2, 0) is 0 Å². The van der Waals surface area contributed by atoms with Gasteiger partial charge in [-0.25, -0.2) is 9.97 Å². The Balaban J connectivity index is 2.30. The van der Waals surface area contributed by atoms with Crippen molar-refractivity contribution in [2.24, 2.45) is 0 Å². The van der Waals surface area contributed by atoms with Crippen molar-refractivity contribution in [1.29, 1.82) is 0 Å². The number of benzene rings is 1. The third-order valence-electron chi connectivity index (χ3n) is 1.91. The van der Waals surface area contributed by atoms with Crippen molar-refractivity contribution in [1.82, 2.24) is 9.97 Å². The average molecular weight is 316 g/mol. The lowest BCUT2D eigenvalue weighted by molar-refractivity contribution is 1.00. The molecule has 0 N–H and O–H groups in total. The number of halogens is 2. The van der Waals surface area contributed by atoms with E-state index in [1.165, 1.54) is 0 Å². The molecule has 0 amide bonds. The van der Waals surface area contributed by atoms with E-state index in [1.54, 1.807) is 18.0 Å². The molecule has 0 atom stereocenters. The van der Waals surface area contributed by atoms with Gasteiger partial charge in [-0.1, -0.05) is 33.8 Å². The van der Waals surface area contributed by atoms with E-state index < -0.39 is 0 Å². The van der Waals surface area contributed by atoms with E-state index in [9.17, 15) is 0 Å². The van der Waals surface area contributed by atoms with Gasteiger partial charge in [0.25, 0.3) is 0 Å². The summed E-state index contributed by atoms with van der Waals surface area (Å²) in [7, 11) is 0. The van der Waals surface area contributed by atoms with Gasteiger partial charge in [0.15, 0.2) is 0 Å². The van der Waals surface area contributed by atoms with Crippen molar-refractivity contribution in [3.8, 4) is 0 Å². The molecule has 1 aromatic heterocycles. The molecule has 1 heterocycles. The van der Waals surface area contributed by atoms with E-state index in [4.69, 9.17) is 11.6 Å². The lowest BCUT2D eigenvalue weighted by Gasteiger charge is -2.04. The summed E-state index contributed by atoms with van der Waals surface area (Å²) in [5.74, 6) is 0. The maximum atomic E-state index is 5.77. The molecular formula is C11H8BrClN2S. The predicted octanol–water partition coefficient (Wildman–Crippen LogP) is 4.35. The van der Waals surface area contributed by atoms with Gasteiger partial charge in [-0.15, -0.1) is 0 Å². The Morgan fingerprint density at radius 2 is 2.19 bits per heavy atom. The molecule has 0 unspecified atom stereocenters. The molecule has 0 fully saturated rings. The molecule has 16 heavy (non-hydrogen) atoms. The summed E-state index contributed by atoms with van der Waals surface area (Å²) in [6, 6.07) is 8.05. The highest BCUT2D eigenvalue weighted by molar-refractivity contribution is 9.10. The van der Waals surface area contributed by atoms with Crippen LogP contribution in [0.4, 0.5) is 0 Å². The Labute approximate surface area is 112 Å². The zero-order valence-electron chi connectivity index (χ0n) is 8.45. The van der Waals surface area contributed by atoms with E-state index in [2.05, 4.69) is 25.9 Å². The largest absolute Gasteiger partial charge is 0.226 e. The van der Waals surface area contributed by atoms with Crippen LogP contribution in [0.25, 0.3) is 0 Å². The third-order valence-corrected chi connectivity index (χ3v) is 3.68. The fourth-order valence-electron chi connectivity index (χ4n) is 1.15. The van der Waals surface area contributed by atoms with E-state index in [-0.39, 0.29) is 5.28 Å². The van der Waals surface area contributed by atoms with Gasteiger partial charge in [-0.3, -0.25) is 0 Å². The minimum absolute atomic E-state index is 0.281. The summed E-state index contributed by atoms with van der Waals surface area (Å²) < 4.78 is 1.05. The molecule has 2 aromatic rings. The Morgan fingerprint density at radius 3 is 2.94 bits per heavy atom. The lowest BCUT2D eigenvalue weighted by atomic mass is 10.4. The minimum Gasteiger partial charge on any atom is -0.226 e. The molecule has 1 aromatic carbocycles. The molecule has 2 rings (SSSR count). The predicted molar refractivity (Wildman–Crippen MR) is 70.0 cm³/mol. The number of nitrogens with zero attached hydrogens (tertiary/aromatic N) is 2. The number of hydrogen-bond acceptors (Lipinski definition) is 3. The van der Waals surface area contributed by atoms with Crippen molar-refractivity contribution in [2.45, 2.75) is 16.8 Å². The van der Waals surface area contributed by atoms with Crippen LogP contribution in [0.15, 0.2) is 44.9 Å². The molecule has 0 aliphatic rings. The molecule has 0 radical (unpaired) electrons. The highest BCUT2D eigenvalue weighted by Crippen LogP contribution is 2.30. The number of aryl methyl sites for hydroxylation is 1. The molecule has 82 valence electrons. The lowest BCUT2D eigenvalue weighted by Crippen LogP contribution is -1.89. The normalized spacial score (nSPS) is 10.4. The zero-order valence-corrected chi connectivity index (χ0v) is 11.6. The first-order valence-corrected chi connectivity index (χ1v) is 6.56. The van der Waals surface area contributed by atoms with Crippen molar-refractivity contribution >= 4 is 39.3 Å². The van der Waals surface area contributed by atoms with E-state index in [1.807, 2.05) is 31.2 Å². The second-order valence-corrected chi connectivity index (χ2v) is 5.50. The number of rotatable bonds is 2. The molecular weight excluding hydrogens is 308 g/mol. The smallest absolute Gasteiger partial charge is 0.223 e. The van der Waals surface area contributed by atoms with Crippen LogP contribution in [0.5, 0.6) is 0 Å². The first-order valence-electron chi connectivity index (χ1n) is 4.58. The monoisotopic (exact) mass is 314 g/mol. The molecule has 2 nitrogen and oxygen atoms in total. The standard InChI is InChI=1S/C11H8BrClN2S/c1-7-6-14-11(13)15-10(7)16-9-4-2-3-8(12)5-9/h2-6H,1H3. The van der Waals surface area contributed by atoms with Crippen LogP contribution >= 0.6 is 39.3 Å². The van der Waals surface area contributed by atoms with Crippen molar-refractivity contribution in [3.63, 3.8) is 0 Å². The molecule has 0 aliphatic carbocycles. The first-order chi connectivity index (χ1) is 7.65. The van der Waals surface area contributed by atoms with Crippen LogP contribution in [0.2, 0.25) is 5.28 Å². The Kier molecular flexibility index (Phi) is 3.84. The van der Waals surface area contributed by atoms with Gasteiger partial charge in [0, 0.05) is 21.1 Å². The van der Waals surface area contributed by atoms with Gasteiger partial charge in [0.1, 0.15) is 5.03 Å². The molecule has 5 heteroatoms. The van der Waals surface area contributed by atoms with Gasteiger partial charge >= 0.3 is 0 Å². The summed E-state index contributed by atoms with van der Waals surface area (Å²) in [5.41, 5.74) is 1.02. The van der Waals surface area contributed by atoms with Crippen LogP contribution in [-0.4, -0.2) is 9.97 Å². The second kappa shape index (κ2) is 5.17. The van der Waals surface area contributed by atoms with E-state index >= 15 is 0 Å². The van der Waals surface area contributed by atoms with Gasteiger partial charge in [0.05, 0.1) is 0 Å². The molecule has 0 saturated heterocycles. The fraction of sp³-hybridized carbons (Fsp3) is 0.0909. The Hall–Kier alpha value is -0.580. The van der Waals surface area contributed by atoms with Crippen LogP contribution in [0, 0.1) is 6.92 Å². The zero-order chi connectivity index (χ0) is 11.5. The van der Waals surface area contributed by atoms with Crippen LogP contribution in [0.3, 0.4) is 0 Å². The Bertz CT molecular complexity index is 519. The van der Waals surface area contributed by atoms with Crippen LogP contribution < -0.4 is 0 Å². The fourth-order valence-corrected chi connectivity index (χ4v) is 2.79. The quantitative estimate of drug-likeness (QED) is 0.608. The topological polar surface area (TPSA) is 25.8 Å². The number of aromatic nitrogens is 2. The van der Waals surface area contributed by atoms with Crippen molar-refractivity contribution < 1.29 is 0 Å². The molecule has 0 bridgehead atoms. The average Bonchev–Trinajstić information content (AvgIpc) is 2.24. The highest BCUT2D eigenvalue weighted by atomic mass is 79.9. The summed E-state index contributed by atoms with van der Waals surface area (Å²) in [6.07, 6.45) is 1.73. The van der Waals surface area contributed by atoms with Crippen molar-refractivity contribution in [3.05, 3.63) is 45.8 Å². The summed E-state index contributed by atoms with van der Waals surface area (Å²) >= 11 is 10.8. The molecule has 0 saturated carbocycles. The SMILES string of the molecule is Cc1cnc(Cl)nc1Sc1cccc(Br)c1. The molecule has 0 aliphatic heterocycles. The van der Waals surface area contributed by atoms with Gasteiger partial charge in [0.2, 0.25) is 5.28 Å². The van der Waals surface area contributed by atoms with Gasteiger partial charge in [-0.05, 0) is 36.7 Å². The van der Waals surface area contributed by atoms with Gasteiger partial charge in [-0.2, -0.15) is 0 Å².